The highest BCUT2D eigenvalue weighted by Crippen LogP contribution is 2.35. The molecule has 1 saturated carbocycles. The summed E-state index contributed by atoms with van der Waals surface area (Å²) in [5.74, 6) is 0.987. The molecule has 2 aromatic rings. The van der Waals surface area contributed by atoms with Crippen LogP contribution in [0.3, 0.4) is 0 Å². The minimum atomic E-state index is 0.254. The van der Waals surface area contributed by atoms with Crippen LogP contribution >= 0.6 is 11.3 Å². The van der Waals surface area contributed by atoms with E-state index in [2.05, 4.69) is 14.9 Å². The largest absolute Gasteiger partial charge is 0.339 e. The van der Waals surface area contributed by atoms with Gasteiger partial charge in [0.25, 0.3) is 0 Å². The zero-order chi connectivity index (χ0) is 16.4. The van der Waals surface area contributed by atoms with Gasteiger partial charge in [0, 0.05) is 24.2 Å². The van der Waals surface area contributed by atoms with Gasteiger partial charge in [-0.15, -0.1) is 11.3 Å². The Morgan fingerprint density at radius 2 is 2.08 bits per heavy atom. The maximum atomic E-state index is 12.8. The number of pyridine rings is 1. The smallest absolute Gasteiger partial charge is 0.228 e. The van der Waals surface area contributed by atoms with Crippen LogP contribution in [-0.4, -0.2) is 33.4 Å². The number of rotatable bonds is 3. The van der Waals surface area contributed by atoms with Crippen LogP contribution in [0.4, 0.5) is 0 Å². The van der Waals surface area contributed by atoms with Crippen molar-refractivity contribution in [1.29, 1.82) is 0 Å². The van der Waals surface area contributed by atoms with E-state index in [9.17, 15) is 4.79 Å². The molecule has 0 aromatic carbocycles. The predicted octanol–water partition coefficient (Wildman–Crippen LogP) is 3.93. The van der Waals surface area contributed by atoms with Crippen molar-refractivity contribution in [3.05, 3.63) is 35.5 Å². The lowest BCUT2D eigenvalue weighted by atomic mass is 9.78. The third kappa shape index (κ3) is 3.22. The Bertz CT molecular complexity index is 698. The van der Waals surface area contributed by atoms with Crippen LogP contribution in [0.5, 0.6) is 0 Å². The molecule has 0 bridgehead atoms. The van der Waals surface area contributed by atoms with Crippen molar-refractivity contribution in [2.24, 2.45) is 5.92 Å². The van der Waals surface area contributed by atoms with Gasteiger partial charge in [-0.25, -0.2) is 4.98 Å². The van der Waals surface area contributed by atoms with E-state index in [0.29, 0.717) is 12.5 Å². The second kappa shape index (κ2) is 7.01. The van der Waals surface area contributed by atoms with Gasteiger partial charge in [0.1, 0.15) is 5.01 Å². The highest BCUT2D eigenvalue weighted by molar-refractivity contribution is 7.13. The number of hydrogen-bond donors (Lipinski definition) is 0. The van der Waals surface area contributed by atoms with Crippen molar-refractivity contribution in [3.8, 4) is 10.7 Å². The summed E-state index contributed by atoms with van der Waals surface area (Å²) in [6, 6.07) is 6.31. The molecule has 1 aliphatic heterocycles. The Kier molecular flexibility index (Phi) is 4.60. The van der Waals surface area contributed by atoms with Crippen LogP contribution in [0.25, 0.3) is 10.7 Å². The first kappa shape index (κ1) is 15.8. The highest BCUT2D eigenvalue weighted by atomic mass is 32.1. The Hall–Kier alpha value is -1.75. The summed E-state index contributed by atoms with van der Waals surface area (Å²) in [7, 11) is 0. The normalized spacial score (nSPS) is 23.8. The van der Waals surface area contributed by atoms with Crippen molar-refractivity contribution in [2.75, 3.05) is 6.54 Å². The average molecular weight is 341 g/mol. The summed E-state index contributed by atoms with van der Waals surface area (Å²) < 4.78 is 0. The molecule has 0 N–H and O–H groups in total. The first-order valence-corrected chi connectivity index (χ1v) is 9.84. The van der Waals surface area contributed by atoms with E-state index in [1.54, 1.807) is 17.5 Å². The summed E-state index contributed by atoms with van der Waals surface area (Å²) in [5, 5.41) is 2.90. The summed E-state index contributed by atoms with van der Waals surface area (Å²) in [4.78, 5) is 24.0. The number of hydrogen-bond acceptors (Lipinski definition) is 4. The molecule has 2 aromatic heterocycles. The number of amides is 1. The van der Waals surface area contributed by atoms with Crippen molar-refractivity contribution in [1.82, 2.24) is 14.9 Å². The van der Waals surface area contributed by atoms with E-state index in [1.807, 2.05) is 23.6 Å². The summed E-state index contributed by atoms with van der Waals surface area (Å²) in [6.07, 6.45) is 9.75. The maximum absolute atomic E-state index is 12.8. The van der Waals surface area contributed by atoms with E-state index in [0.717, 1.165) is 35.3 Å². The van der Waals surface area contributed by atoms with Crippen LogP contribution in [0, 0.1) is 5.92 Å². The monoisotopic (exact) mass is 341 g/mol. The third-order valence-corrected chi connectivity index (χ3v) is 6.25. The minimum Gasteiger partial charge on any atom is -0.339 e. The zero-order valence-electron chi connectivity index (χ0n) is 13.9. The van der Waals surface area contributed by atoms with Gasteiger partial charge in [-0.1, -0.05) is 18.9 Å². The number of piperidine rings is 1. The second-order valence-corrected chi connectivity index (χ2v) is 7.74. The molecular formula is C19H23N3OS. The van der Waals surface area contributed by atoms with Crippen molar-refractivity contribution in [2.45, 2.75) is 51.0 Å². The number of carbonyl (C=O) groups is 1. The Balaban J connectivity index is 1.45. The maximum Gasteiger partial charge on any atom is 0.228 e. The van der Waals surface area contributed by atoms with Gasteiger partial charge in [-0.05, 0) is 43.7 Å². The first-order chi connectivity index (χ1) is 11.8. The molecule has 0 unspecified atom stereocenters. The van der Waals surface area contributed by atoms with Crippen LogP contribution in [0.1, 0.15) is 44.2 Å². The number of aromatic nitrogens is 2. The average Bonchev–Trinajstić information content (AvgIpc) is 3.10. The molecule has 4 rings (SSSR count). The van der Waals surface area contributed by atoms with Gasteiger partial charge in [-0.2, -0.15) is 0 Å². The molecule has 0 spiro atoms. The molecule has 1 saturated heterocycles. The minimum absolute atomic E-state index is 0.254. The molecule has 2 atom stereocenters. The Morgan fingerprint density at radius 1 is 1.21 bits per heavy atom. The molecule has 5 heteroatoms. The fourth-order valence-corrected chi connectivity index (χ4v) is 4.98. The molecule has 3 heterocycles. The lowest BCUT2D eigenvalue weighted by Crippen LogP contribution is -2.50. The van der Waals surface area contributed by atoms with E-state index < -0.39 is 0 Å². The predicted molar refractivity (Wildman–Crippen MR) is 95.7 cm³/mol. The number of fused-ring (bicyclic) bond motifs is 1. The van der Waals surface area contributed by atoms with E-state index in [-0.39, 0.29) is 5.91 Å². The standard InChI is InChI=1S/C19H23N3OS/c23-18(22-11-5-7-14-6-1-2-9-17(14)22)12-15-13-24-19(21-15)16-8-3-4-10-20-16/h3-4,8,10,13-14,17H,1-2,5-7,9,11-12H2/t14-,17-/m0/s1. The van der Waals surface area contributed by atoms with Crippen LogP contribution in [0.15, 0.2) is 29.8 Å². The fraction of sp³-hybridized carbons (Fsp3) is 0.526. The van der Waals surface area contributed by atoms with Gasteiger partial charge in [0.15, 0.2) is 0 Å². The summed E-state index contributed by atoms with van der Waals surface area (Å²) in [5.41, 5.74) is 1.76. The molecule has 2 fully saturated rings. The zero-order valence-corrected chi connectivity index (χ0v) is 14.7. The highest BCUT2D eigenvalue weighted by Gasteiger charge is 2.35. The van der Waals surface area contributed by atoms with E-state index in [1.165, 1.54) is 32.1 Å². The summed E-state index contributed by atoms with van der Waals surface area (Å²) >= 11 is 1.57. The van der Waals surface area contributed by atoms with Crippen LogP contribution < -0.4 is 0 Å². The SMILES string of the molecule is O=C(Cc1csc(-c2ccccn2)n1)N1CCC[C@@H]2CCCC[C@@H]21. The number of thiazole rings is 1. The van der Waals surface area contributed by atoms with Gasteiger partial charge < -0.3 is 4.90 Å². The first-order valence-electron chi connectivity index (χ1n) is 8.96. The van der Waals surface area contributed by atoms with Crippen molar-refractivity contribution < 1.29 is 4.79 Å². The van der Waals surface area contributed by atoms with Crippen molar-refractivity contribution in [3.63, 3.8) is 0 Å². The summed E-state index contributed by atoms with van der Waals surface area (Å²) in [6.45, 7) is 0.928. The van der Waals surface area contributed by atoms with Gasteiger partial charge in [-0.3, -0.25) is 9.78 Å². The molecule has 2 aliphatic rings. The van der Waals surface area contributed by atoms with E-state index >= 15 is 0 Å². The lowest BCUT2D eigenvalue weighted by molar-refractivity contribution is -0.136. The van der Waals surface area contributed by atoms with Crippen molar-refractivity contribution >= 4 is 17.2 Å². The third-order valence-electron chi connectivity index (χ3n) is 5.33. The molecule has 4 nitrogen and oxygen atoms in total. The second-order valence-electron chi connectivity index (χ2n) is 6.88. The molecule has 126 valence electrons. The molecule has 0 radical (unpaired) electrons. The molecule has 24 heavy (non-hydrogen) atoms. The number of likely N-dealkylation sites (tertiary alicyclic amines) is 1. The van der Waals surface area contributed by atoms with Crippen LogP contribution in [0.2, 0.25) is 0 Å². The molecule has 1 amide bonds. The van der Waals surface area contributed by atoms with Gasteiger partial charge >= 0.3 is 0 Å². The quantitative estimate of drug-likeness (QED) is 0.850. The van der Waals surface area contributed by atoms with Gasteiger partial charge in [0.05, 0.1) is 17.8 Å². The van der Waals surface area contributed by atoms with Gasteiger partial charge in [0.2, 0.25) is 5.91 Å². The fourth-order valence-electron chi connectivity index (χ4n) is 4.19. The molecule has 1 aliphatic carbocycles. The van der Waals surface area contributed by atoms with E-state index in [4.69, 9.17) is 0 Å². The topological polar surface area (TPSA) is 46.1 Å². The Morgan fingerprint density at radius 3 is 2.96 bits per heavy atom. The Labute approximate surface area is 146 Å². The lowest BCUT2D eigenvalue weighted by Gasteiger charge is -2.44. The number of carbonyl (C=O) groups excluding carboxylic acids is 1. The van der Waals surface area contributed by atoms with Crippen LogP contribution in [-0.2, 0) is 11.2 Å². The molecular weight excluding hydrogens is 318 g/mol. The number of nitrogens with zero attached hydrogens (tertiary/aromatic N) is 3.